The molecule has 188 valence electrons. The fourth-order valence-corrected chi connectivity index (χ4v) is 5.33. The summed E-state index contributed by atoms with van der Waals surface area (Å²) in [5.74, 6) is 1.18. The molecule has 3 heterocycles. The van der Waals surface area contributed by atoms with Crippen LogP contribution in [0.1, 0.15) is 30.4 Å². The standard InChI is InChI=1S/C25H28ClN7O2S/c26-21-15-28-25-30-19-3-1-2-16(12-19)4-5-18-14-20(29-24(21)32-25)6-7-22(18)31-23(34)13-17-8-10-33(11-9-17)36(27)35/h1-3,6-7,12,14-15,17H,4-5,8-11,13,27H2,(H,31,34)(H2,28,29,30,32). The molecule has 1 atom stereocenters. The van der Waals surface area contributed by atoms with Crippen molar-refractivity contribution in [3.05, 3.63) is 64.8 Å². The quantitative estimate of drug-likeness (QED) is 0.402. The summed E-state index contributed by atoms with van der Waals surface area (Å²) >= 11 is 4.91. The molecule has 6 bridgehead atoms. The number of piperidine rings is 1. The average molecular weight is 526 g/mol. The lowest BCUT2D eigenvalue weighted by Crippen LogP contribution is -2.38. The Morgan fingerprint density at radius 3 is 2.75 bits per heavy atom. The van der Waals surface area contributed by atoms with Crippen molar-refractivity contribution in [2.75, 3.05) is 29.0 Å². The number of amides is 1. The van der Waals surface area contributed by atoms with Gasteiger partial charge in [-0.1, -0.05) is 23.7 Å². The number of hydrogen-bond acceptors (Lipinski definition) is 6. The Balaban J connectivity index is 1.36. The number of carbonyl (C=O) groups excluding carboxylic acids is 1. The molecule has 1 unspecified atom stereocenters. The minimum Gasteiger partial charge on any atom is -0.339 e. The van der Waals surface area contributed by atoms with E-state index in [1.807, 2.05) is 30.3 Å². The van der Waals surface area contributed by atoms with E-state index in [0.29, 0.717) is 36.3 Å². The van der Waals surface area contributed by atoms with Gasteiger partial charge in [-0.2, -0.15) is 4.98 Å². The maximum Gasteiger partial charge on any atom is 0.229 e. The van der Waals surface area contributed by atoms with Crippen molar-refractivity contribution in [2.45, 2.75) is 32.1 Å². The lowest BCUT2D eigenvalue weighted by molar-refractivity contribution is -0.117. The lowest BCUT2D eigenvalue weighted by atomic mass is 9.94. The molecule has 2 aliphatic heterocycles. The van der Waals surface area contributed by atoms with Gasteiger partial charge in [0, 0.05) is 36.6 Å². The van der Waals surface area contributed by atoms with Crippen molar-refractivity contribution in [1.82, 2.24) is 14.3 Å². The maximum absolute atomic E-state index is 12.9. The van der Waals surface area contributed by atoms with Crippen molar-refractivity contribution in [1.29, 1.82) is 0 Å². The van der Waals surface area contributed by atoms with E-state index in [1.54, 1.807) is 10.5 Å². The van der Waals surface area contributed by atoms with Crippen molar-refractivity contribution in [2.24, 2.45) is 11.1 Å². The normalized spacial score (nSPS) is 16.9. The Morgan fingerprint density at radius 2 is 1.94 bits per heavy atom. The fourth-order valence-electron chi connectivity index (χ4n) is 4.62. The zero-order valence-corrected chi connectivity index (χ0v) is 21.2. The first-order chi connectivity index (χ1) is 17.4. The van der Waals surface area contributed by atoms with Crippen LogP contribution in [0.4, 0.5) is 28.8 Å². The van der Waals surface area contributed by atoms with Gasteiger partial charge in [0.25, 0.3) is 0 Å². The summed E-state index contributed by atoms with van der Waals surface area (Å²) in [6.07, 6.45) is 5.14. The highest BCUT2D eigenvalue weighted by Gasteiger charge is 2.24. The van der Waals surface area contributed by atoms with Gasteiger partial charge in [0.2, 0.25) is 11.9 Å². The number of aromatic nitrogens is 2. The molecule has 1 amide bonds. The van der Waals surface area contributed by atoms with Crippen LogP contribution in [0.5, 0.6) is 0 Å². The number of benzene rings is 2. The van der Waals surface area contributed by atoms with E-state index in [-0.39, 0.29) is 11.8 Å². The van der Waals surface area contributed by atoms with E-state index in [4.69, 9.17) is 16.7 Å². The van der Waals surface area contributed by atoms with Crippen LogP contribution in [-0.2, 0) is 28.8 Å². The smallest absolute Gasteiger partial charge is 0.229 e. The fraction of sp³-hybridized carbons (Fsp3) is 0.320. The number of fused-ring (bicyclic) bond motifs is 6. The molecule has 1 saturated heterocycles. The van der Waals surface area contributed by atoms with Crippen LogP contribution >= 0.6 is 11.6 Å². The minimum atomic E-state index is -1.44. The monoisotopic (exact) mass is 525 g/mol. The molecule has 11 heteroatoms. The van der Waals surface area contributed by atoms with Crippen LogP contribution in [0, 0.1) is 5.92 Å². The number of nitrogens with two attached hydrogens (primary N) is 1. The van der Waals surface area contributed by atoms with Gasteiger partial charge >= 0.3 is 0 Å². The predicted octanol–water partition coefficient (Wildman–Crippen LogP) is 4.29. The van der Waals surface area contributed by atoms with Gasteiger partial charge in [0.1, 0.15) is 5.02 Å². The summed E-state index contributed by atoms with van der Waals surface area (Å²) in [6.45, 7) is 1.29. The second kappa shape index (κ2) is 10.9. The van der Waals surface area contributed by atoms with Crippen LogP contribution in [0.2, 0.25) is 5.02 Å². The first-order valence-corrected chi connectivity index (χ1v) is 13.5. The van der Waals surface area contributed by atoms with Crippen LogP contribution < -0.4 is 21.1 Å². The SMILES string of the molecule is NS(=O)N1CCC(CC(=O)Nc2ccc3cc2CCc2cccc(c2)Nc2ncc(Cl)c(n2)N3)CC1. The molecule has 0 saturated carbocycles. The molecule has 5 N–H and O–H groups in total. The van der Waals surface area contributed by atoms with E-state index < -0.39 is 11.2 Å². The third kappa shape index (κ3) is 6.01. The molecule has 36 heavy (non-hydrogen) atoms. The average Bonchev–Trinajstić information content (AvgIpc) is 2.86. The highest BCUT2D eigenvalue weighted by atomic mass is 35.5. The molecule has 0 aliphatic carbocycles. The first-order valence-electron chi connectivity index (χ1n) is 11.9. The summed E-state index contributed by atoms with van der Waals surface area (Å²) in [6, 6.07) is 14.0. The third-order valence-corrected chi connectivity index (χ3v) is 7.71. The molecule has 1 aromatic heterocycles. The summed E-state index contributed by atoms with van der Waals surface area (Å²) in [7, 11) is 0. The number of nitrogens with one attached hydrogen (secondary N) is 3. The molecule has 0 spiro atoms. The van der Waals surface area contributed by atoms with Gasteiger partial charge in [-0.15, -0.1) is 0 Å². The third-order valence-electron chi connectivity index (χ3n) is 6.55. The molecule has 1 fully saturated rings. The highest BCUT2D eigenvalue weighted by molar-refractivity contribution is 7.80. The number of halogens is 1. The van der Waals surface area contributed by atoms with Crippen LogP contribution in [0.15, 0.2) is 48.7 Å². The second-order valence-corrected chi connectivity index (χ2v) is 10.6. The van der Waals surface area contributed by atoms with Gasteiger partial charge in [-0.3, -0.25) is 4.79 Å². The summed E-state index contributed by atoms with van der Waals surface area (Å²) in [5, 5.41) is 15.5. The molecular weight excluding hydrogens is 498 g/mol. The van der Waals surface area contributed by atoms with Gasteiger partial charge in [-0.05, 0) is 73.1 Å². The summed E-state index contributed by atoms with van der Waals surface area (Å²) in [5.41, 5.74) is 4.69. The Labute approximate surface area is 217 Å². The van der Waals surface area contributed by atoms with Gasteiger partial charge in [0.15, 0.2) is 17.0 Å². The van der Waals surface area contributed by atoms with Crippen LogP contribution in [-0.4, -0.2) is 37.5 Å². The Hall–Kier alpha value is -3.05. The summed E-state index contributed by atoms with van der Waals surface area (Å²) < 4.78 is 13.2. The summed E-state index contributed by atoms with van der Waals surface area (Å²) in [4.78, 5) is 21.7. The van der Waals surface area contributed by atoms with E-state index in [1.165, 1.54) is 0 Å². The molecular formula is C25H28ClN7O2S. The van der Waals surface area contributed by atoms with Gasteiger partial charge in [-0.25, -0.2) is 18.6 Å². The van der Waals surface area contributed by atoms with E-state index in [9.17, 15) is 9.00 Å². The zero-order valence-electron chi connectivity index (χ0n) is 19.7. The highest BCUT2D eigenvalue weighted by Crippen LogP contribution is 2.30. The number of carbonyl (C=O) groups is 1. The maximum atomic E-state index is 12.9. The first kappa shape index (κ1) is 24.6. The van der Waals surface area contributed by atoms with Crippen molar-refractivity contribution in [3.8, 4) is 0 Å². The Bertz CT molecular complexity index is 1300. The predicted molar refractivity (Wildman–Crippen MR) is 144 cm³/mol. The Kier molecular flexibility index (Phi) is 7.47. The zero-order chi connectivity index (χ0) is 25.1. The molecule has 2 aromatic carbocycles. The van der Waals surface area contributed by atoms with Crippen molar-refractivity contribution >= 4 is 57.5 Å². The van der Waals surface area contributed by atoms with Crippen molar-refractivity contribution in [3.63, 3.8) is 0 Å². The van der Waals surface area contributed by atoms with E-state index in [2.05, 4.69) is 38.1 Å². The lowest BCUT2D eigenvalue weighted by Gasteiger charge is -2.29. The molecule has 9 nitrogen and oxygen atoms in total. The molecule has 0 radical (unpaired) electrons. The minimum absolute atomic E-state index is 0.0168. The van der Waals surface area contributed by atoms with E-state index in [0.717, 1.165) is 53.9 Å². The Morgan fingerprint density at radius 1 is 1.14 bits per heavy atom. The van der Waals surface area contributed by atoms with Crippen LogP contribution in [0.3, 0.4) is 0 Å². The van der Waals surface area contributed by atoms with Gasteiger partial charge in [0.05, 0.1) is 6.20 Å². The largest absolute Gasteiger partial charge is 0.339 e. The topological polar surface area (TPSA) is 125 Å². The number of nitrogens with zero attached hydrogens (tertiary/aromatic N) is 3. The molecule has 5 rings (SSSR count). The number of hydrogen-bond donors (Lipinski definition) is 4. The van der Waals surface area contributed by atoms with E-state index >= 15 is 0 Å². The van der Waals surface area contributed by atoms with Crippen LogP contribution in [0.25, 0.3) is 0 Å². The van der Waals surface area contributed by atoms with Gasteiger partial charge < -0.3 is 16.0 Å². The molecule has 3 aromatic rings. The number of anilines is 5. The second-order valence-electron chi connectivity index (χ2n) is 9.11. The van der Waals surface area contributed by atoms with Crippen molar-refractivity contribution < 1.29 is 9.00 Å². The molecule has 2 aliphatic rings. The number of rotatable bonds is 4. The number of aryl methyl sites for hydroxylation is 2.